The minimum absolute atomic E-state index is 0.0919. The number of hydrogen-bond acceptors (Lipinski definition) is 3. The van der Waals surface area contributed by atoms with Crippen molar-refractivity contribution in [3.05, 3.63) is 35.4 Å². The molecule has 1 amide bonds. The van der Waals surface area contributed by atoms with Crippen molar-refractivity contribution in [1.82, 2.24) is 4.90 Å². The molecule has 0 bridgehead atoms. The number of rotatable bonds is 3. The van der Waals surface area contributed by atoms with Gasteiger partial charge in [-0.2, -0.15) is 0 Å². The van der Waals surface area contributed by atoms with Gasteiger partial charge in [-0.25, -0.2) is 0 Å². The first-order valence-corrected chi connectivity index (χ1v) is 6.43. The molecule has 0 aliphatic carbocycles. The Bertz CT molecular complexity index is 403. The van der Waals surface area contributed by atoms with Gasteiger partial charge in [0.1, 0.15) is 0 Å². The fraction of sp³-hybridized carbons (Fsp3) is 0.500. The lowest BCUT2D eigenvalue weighted by Crippen LogP contribution is -2.42. The summed E-state index contributed by atoms with van der Waals surface area (Å²) >= 11 is 0. The van der Waals surface area contributed by atoms with Gasteiger partial charge in [-0.05, 0) is 24.0 Å². The molecule has 1 aliphatic rings. The molecule has 2 rings (SSSR count). The maximum atomic E-state index is 12.1. The van der Waals surface area contributed by atoms with Crippen molar-refractivity contribution >= 4 is 5.91 Å². The van der Waals surface area contributed by atoms with E-state index in [0.29, 0.717) is 19.5 Å². The fourth-order valence-corrected chi connectivity index (χ4v) is 2.26. The third-order valence-electron chi connectivity index (χ3n) is 3.36. The van der Waals surface area contributed by atoms with Crippen molar-refractivity contribution in [1.29, 1.82) is 0 Å². The van der Waals surface area contributed by atoms with Gasteiger partial charge in [0.25, 0.3) is 0 Å². The summed E-state index contributed by atoms with van der Waals surface area (Å²) in [5.41, 5.74) is 7.60. The predicted molar refractivity (Wildman–Crippen MR) is 69.9 cm³/mol. The van der Waals surface area contributed by atoms with Crippen molar-refractivity contribution in [2.75, 3.05) is 13.1 Å². The highest BCUT2D eigenvalue weighted by molar-refractivity contribution is 5.78. The summed E-state index contributed by atoms with van der Waals surface area (Å²) in [6, 6.07) is 7.79. The van der Waals surface area contributed by atoms with E-state index in [-0.39, 0.29) is 12.0 Å². The molecular formula is C14H20N2O2. The summed E-state index contributed by atoms with van der Waals surface area (Å²) in [6.45, 7) is 1.75. The lowest BCUT2D eigenvalue weighted by Gasteiger charge is -2.30. The Balaban J connectivity index is 1.93. The molecule has 1 aromatic rings. The molecule has 0 saturated carbocycles. The van der Waals surface area contributed by atoms with E-state index in [1.807, 2.05) is 24.3 Å². The van der Waals surface area contributed by atoms with Crippen molar-refractivity contribution < 1.29 is 9.90 Å². The molecule has 1 saturated heterocycles. The Morgan fingerprint density at radius 1 is 1.33 bits per heavy atom. The van der Waals surface area contributed by atoms with Crippen LogP contribution in [0.4, 0.5) is 0 Å². The molecule has 0 radical (unpaired) electrons. The molecule has 1 unspecified atom stereocenters. The molecule has 3 N–H and O–H groups in total. The van der Waals surface area contributed by atoms with Crippen LogP contribution in [0.5, 0.6) is 0 Å². The summed E-state index contributed by atoms with van der Waals surface area (Å²) in [5.74, 6) is 0.0919. The Morgan fingerprint density at radius 2 is 2.00 bits per heavy atom. The van der Waals surface area contributed by atoms with Crippen molar-refractivity contribution in [2.24, 2.45) is 5.73 Å². The molecule has 1 atom stereocenters. The first kappa shape index (κ1) is 13.1. The standard InChI is InChI=1S/C14H20N2O2/c15-9-12-5-3-11(4-6-12)8-14(18)16-7-1-2-13(17)10-16/h3-6,13,17H,1-2,7-10,15H2. The molecule has 98 valence electrons. The minimum atomic E-state index is -0.359. The summed E-state index contributed by atoms with van der Waals surface area (Å²) < 4.78 is 0. The average Bonchev–Trinajstić information content (AvgIpc) is 2.39. The maximum Gasteiger partial charge on any atom is 0.227 e. The number of aliphatic hydroxyl groups is 1. The van der Waals surface area contributed by atoms with Crippen LogP contribution in [-0.2, 0) is 17.8 Å². The molecule has 4 heteroatoms. The van der Waals surface area contributed by atoms with Gasteiger partial charge in [-0.3, -0.25) is 4.79 Å². The topological polar surface area (TPSA) is 66.6 Å². The smallest absolute Gasteiger partial charge is 0.227 e. The second-order valence-electron chi connectivity index (χ2n) is 4.83. The highest BCUT2D eigenvalue weighted by Crippen LogP contribution is 2.12. The predicted octanol–water partition coefficient (Wildman–Crippen LogP) is 0.671. The molecule has 18 heavy (non-hydrogen) atoms. The van der Waals surface area contributed by atoms with Crippen LogP contribution in [0.15, 0.2) is 24.3 Å². The monoisotopic (exact) mass is 248 g/mol. The molecule has 1 fully saturated rings. The van der Waals surface area contributed by atoms with Gasteiger partial charge in [-0.1, -0.05) is 24.3 Å². The van der Waals surface area contributed by atoms with Crippen molar-refractivity contribution in [3.8, 4) is 0 Å². The SMILES string of the molecule is NCc1ccc(CC(=O)N2CCCC(O)C2)cc1. The second-order valence-corrected chi connectivity index (χ2v) is 4.83. The minimum Gasteiger partial charge on any atom is -0.391 e. The zero-order valence-corrected chi connectivity index (χ0v) is 10.5. The van der Waals surface area contributed by atoms with E-state index in [0.717, 1.165) is 30.5 Å². The lowest BCUT2D eigenvalue weighted by atomic mass is 10.1. The molecule has 0 aromatic heterocycles. The van der Waals surface area contributed by atoms with Crippen LogP contribution >= 0.6 is 0 Å². The number of aliphatic hydroxyl groups excluding tert-OH is 1. The van der Waals surface area contributed by atoms with Gasteiger partial charge in [0.15, 0.2) is 0 Å². The number of carbonyl (C=O) groups is 1. The average molecular weight is 248 g/mol. The van der Waals surface area contributed by atoms with Crippen molar-refractivity contribution in [3.63, 3.8) is 0 Å². The van der Waals surface area contributed by atoms with E-state index in [4.69, 9.17) is 5.73 Å². The lowest BCUT2D eigenvalue weighted by molar-refractivity contribution is -0.133. The normalized spacial score (nSPS) is 19.9. The zero-order valence-electron chi connectivity index (χ0n) is 10.5. The first-order chi connectivity index (χ1) is 8.69. The van der Waals surface area contributed by atoms with Crippen LogP contribution in [0.3, 0.4) is 0 Å². The van der Waals surface area contributed by atoms with Gasteiger partial charge in [0.2, 0.25) is 5.91 Å². The van der Waals surface area contributed by atoms with Gasteiger partial charge >= 0.3 is 0 Å². The Kier molecular flexibility index (Phi) is 4.33. The van der Waals surface area contributed by atoms with E-state index in [1.54, 1.807) is 4.90 Å². The Hall–Kier alpha value is -1.39. The van der Waals surface area contributed by atoms with Crippen LogP contribution < -0.4 is 5.73 Å². The van der Waals surface area contributed by atoms with E-state index < -0.39 is 0 Å². The molecule has 1 aliphatic heterocycles. The van der Waals surface area contributed by atoms with E-state index in [1.165, 1.54) is 0 Å². The molecule has 0 spiro atoms. The largest absolute Gasteiger partial charge is 0.391 e. The zero-order chi connectivity index (χ0) is 13.0. The highest BCUT2D eigenvalue weighted by atomic mass is 16.3. The number of benzene rings is 1. The van der Waals surface area contributed by atoms with E-state index >= 15 is 0 Å². The van der Waals surface area contributed by atoms with Crippen LogP contribution in [0.25, 0.3) is 0 Å². The van der Waals surface area contributed by atoms with Crippen LogP contribution in [0.1, 0.15) is 24.0 Å². The summed E-state index contributed by atoms with van der Waals surface area (Å²) in [5, 5.41) is 9.56. The van der Waals surface area contributed by atoms with E-state index in [9.17, 15) is 9.90 Å². The molecule has 4 nitrogen and oxygen atoms in total. The third kappa shape index (κ3) is 3.31. The number of piperidine rings is 1. The fourth-order valence-electron chi connectivity index (χ4n) is 2.26. The quantitative estimate of drug-likeness (QED) is 0.826. The Labute approximate surface area is 107 Å². The summed E-state index contributed by atoms with van der Waals surface area (Å²) in [6.07, 6.45) is 1.73. The van der Waals surface area contributed by atoms with Gasteiger partial charge in [0, 0.05) is 19.6 Å². The summed E-state index contributed by atoms with van der Waals surface area (Å²) in [7, 11) is 0. The van der Waals surface area contributed by atoms with Gasteiger partial charge < -0.3 is 15.7 Å². The molecule has 1 heterocycles. The van der Waals surface area contributed by atoms with Crippen LogP contribution in [-0.4, -0.2) is 35.1 Å². The molecular weight excluding hydrogens is 228 g/mol. The van der Waals surface area contributed by atoms with Crippen LogP contribution in [0, 0.1) is 0 Å². The maximum absolute atomic E-state index is 12.1. The Morgan fingerprint density at radius 3 is 2.61 bits per heavy atom. The number of hydrogen-bond donors (Lipinski definition) is 2. The van der Waals surface area contributed by atoms with Gasteiger partial charge in [-0.15, -0.1) is 0 Å². The number of β-amino-alcohol motifs (C(OH)–C–C–N with tert-alkyl or cyclic N) is 1. The first-order valence-electron chi connectivity index (χ1n) is 6.43. The molecule has 1 aromatic carbocycles. The number of nitrogens with two attached hydrogens (primary N) is 1. The third-order valence-corrected chi connectivity index (χ3v) is 3.36. The summed E-state index contributed by atoms with van der Waals surface area (Å²) in [4.78, 5) is 13.8. The number of amides is 1. The van der Waals surface area contributed by atoms with Crippen molar-refractivity contribution in [2.45, 2.75) is 31.9 Å². The van der Waals surface area contributed by atoms with Gasteiger partial charge in [0.05, 0.1) is 12.5 Å². The van der Waals surface area contributed by atoms with Crippen LogP contribution in [0.2, 0.25) is 0 Å². The second kappa shape index (κ2) is 5.98. The number of likely N-dealkylation sites (tertiary alicyclic amines) is 1. The number of nitrogens with zero attached hydrogens (tertiary/aromatic N) is 1. The highest BCUT2D eigenvalue weighted by Gasteiger charge is 2.21. The number of carbonyl (C=O) groups excluding carboxylic acids is 1. The van der Waals surface area contributed by atoms with E-state index in [2.05, 4.69) is 0 Å².